The third-order valence-electron chi connectivity index (χ3n) is 6.67. The summed E-state index contributed by atoms with van der Waals surface area (Å²) in [6.07, 6.45) is -2.27. The average Bonchev–Trinajstić information content (AvgIpc) is 3.45. The largest absolute Gasteiger partial charge is 0.458 e. The second-order valence-corrected chi connectivity index (χ2v) is 11.4. The first-order valence-electron chi connectivity index (χ1n) is 14.2. The first-order valence-corrected chi connectivity index (χ1v) is 14.2. The van der Waals surface area contributed by atoms with E-state index in [9.17, 15) is 29.1 Å². The van der Waals surface area contributed by atoms with Crippen molar-refractivity contribution in [1.29, 1.82) is 0 Å². The van der Waals surface area contributed by atoms with Crippen LogP contribution in [0.25, 0.3) is 0 Å². The van der Waals surface area contributed by atoms with E-state index in [0.717, 1.165) is 11.1 Å². The Morgan fingerprint density at radius 1 is 1.00 bits per heavy atom. The van der Waals surface area contributed by atoms with Gasteiger partial charge in [-0.15, -0.1) is 0 Å². The molecule has 232 valence electrons. The molecule has 0 saturated carbocycles. The SMILES string of the molecule is CC(C)(C)OC(=O)[C@@H]1CCCN1C(=O)C(O)C(Cc1ccccc1)NC(=O)[C@H](N)CC(=O)NC(=O)OCc1ccccc1. The maximum absolute atomic E-state index is 13.4. The van der Waals surface area contributed by atoms with Crippen LogP contribution in [0.4, 0.5) is 4.79 Å². The Kier molecular flexibility index (Phi) is 11.8. The highest BCUT2D eigenvalue weighted by Crippen LogP contribution is 2.23. The fourth-order valence-electron chi connectivity index (χ4n) is 4.60. The second-order valence-electron chi connectivity index (χ2n) is 11.4. The summed E-state index contributed by atoms with van der Waals surface area (Å²) in [5.41, 5.74) is 6.65. The van der Waals surface area contributed by atoms with E-state index in [4.69, 9.17) is 15.2 Å². The van der Waals surface area contributed by atoms with Crippen molar-refractivity contribution in [2.75, 3.05) is 6.54 Å². The van der Waals surface area contributed by atoms with Crippen LogP contribution in [0.15, 0.2) is 60.7 Å². The third kappa shape index (κ3) is 10.5. The van der Waals surface area contributed by atoms with Crippen molar-refractivity contribution in [2.45, 2.75) is 82.9 Å². The lowest BCUT2D eigenvalue weighted by atomic mass is 9.99. The van der Waals surface area contributed by atoms with Crippen LogP contribution < -0.4 is 16.4 Å². The number of ether oxygens (including phenoxy) is 2. The smallest absolute Gasteiger partial charge is 0.414 e. The number of nitrogens with two attached hydrogens (primary N) is 1. The van der Waals surface area contributed by atoms with Crippen LogP contribution in [0.1, 0.15) is 51.2 Å². The molecule has 1 fully saturated rings. The maximum atomic E-state index is 13.4. The van der Waals surface area contributed by atoms with Crippen LogP contribution in [0, 0.1) is 0 Å². The minimum Gasteiger partial charge on any atom is -0.458 e. The number of hydrogen-bond donors (Lipinski definition) is 4. The summed E-state index contributed by atoms with van der Waals surface area (Å²) in [5.74, 6) is -2.95. The summed E-state index contributed by atoms with van der Waals surface area (Å²) in [6.45, 7) is 5.37. The number of carbonyl (C=O) groups is 5. The summed E-state index contributed by atoms with van der Waals surface area (Å²) >= 11 is 0. The van der Waals surface area contributed by atoms with Gasteiger partial charge in [0.05, 0.1) is 18.5 Å². The van der Waals surface area contributed by atoms with Crippen LogP contribution in [-0.4, -0.2) is 76.2 Å². The van der Waals surface area contributed by atoms with Gasteiger partial charge in [-0.3, -0.25) is 19.7 Å². The molecule has 0 bridgehead atoms. The highest BCUT2D eigenvalue weighted by atomic mass is 16.6. The summed E-state index contributed by atoms with van der Waals surface area (Å²) in [7, 11) is 0. The number of rotatable bonds is 11. The first-order chi connectivity index (χ1) is 20.3. The Morgan fingerprint density at radius 2 is 1.60 bits per heavy atom. The van der Waals surface area contributed by atoms with Gasteiger partial charge in [0.2, 0.25) is 11.8 Å². The van der Waals surface area contributed by atoms with Crippen molar-refractivity contribution in [3.8, 4) is 0 Å². The molecule has 43 heavy (non-hydrogen) atoms. The molecule has 12 nitrogen and oxygen atoms in total. The summed E-state index contributed by atoms with van der Waals surface area (Å²) in [6, 6.07) is 14.4. The molecule has 1 aliphatic heterocycles. The lowest BCUT2D eigenvalue weighted by Crippen LogP contribution is -2.57. The molecule has 1 aliphatic rings. The molecule has 0 aliphatic carbocycles. The van der Waals surface area contributed by atoms with Crippen molar-refractivity contribution < 1.29 is 38.6 Å². The van der Waals surface area contributed by atoms with Gasteiger partial charge < -0.3 is 30.5 Å². The Morgan fingerprint density at radius 3 is 2.21 bits per heavy atom. The van der Waals surface area contributed by atoms with Gasteiger partial charge in [-0.2, -0.15) is 0 Å². The number of likely N-dealkylation sites (tertiary alicyclic amines) is 1. The minimum atomic E-state index is -1.72. The van der Waals surface area contributed by atoms with Gasteiger partial charge in [0.1, 0.15) is 18.2 Å². The van der Waals surface area contributed by atoms with Crippen LogP contribution in [0.3, 0.4) is 0 Å². The van der Waals surface area contributed by atoms with Crippen LogP contribution in [0.5, 0.6) is 0 Å². The van der Waals surface area contributed by atoms with E-state index in [2.05, 4.69) is 5.32 Å². The van der Waals surface area contributed by atoms with Crippen LogP contribution >= 0.6 is 0 Å². The molecule has 2 aromatic carbocycles. The van der Waals surface area contributed by atoms with Crippen molar-refractivity contribution in [3.05, 3.63) is 71.8 Å². The van der Waals surface area contributed by atoms with E-state index < -0.39 is 66.0 Å². The number of hydrogen-bond acceptors (Lipinski definition) is 9. The van der Waals surface area contributed by atoms with E-state index in [-0.39, 0.29) is 19.6 Å². The highest BCUT2D eigenvalue weighted by molar-refractivity contribution is 5.95. The molecule has 12 heteroatoms. The van der Waals surface area contributed by atoms with Crippen LogP contribution in [-0.2, 0) is 41.7 Å². The number of aliphatic hydroxyl groups is 1. The number of alkyl carbamates (subject to hydrolysis) is 1. The van der Waals surface area contributed by atoms with Gasteiger partial charge in [-0.1, -0.05) is 60.7 Å². The lowest BCUT2D eigenvalue weighted by Gasteiger charge is -2.31. The Labute approximate surface area is 250 Å². The fourth-order valence-corrected chi connectivity index (χ4v) is 4.60. The van der Waals surface area contributed by atoms with E-state index >= 15 is 0 Å². The highest BCUT2D eigenvalue weighted by Gasteiger charge is 2.41. The number of aliphatic hydroxyl groups excluding tert-OH is 1. The number of carbonyl (C=O) groups excluding carboxylic acids is 5. The Hall–Kier alpha value is -4.29. The van der Waals surface area contributed by atoms with Crippen molar-refractivity contribution in [2.24, 2.45) is 5.73 Å². The van der Waals surface area contributed by atoms with E-state index in [0.29, 0.717) is 12.8 Å². The van der Waals surface area contributed by atoms with Gasteiger partial charge in [-0.05, 0) is 51.2 Å². The zero-order valence-corrected chi connectivity index (χ0v) is 24.7. The molecule has 0 spiro atoms. The van der Waals surface area contributed by atoms with Gasteiger partial charge in [0.25, 0.3) is 5.91 Å². The molecule has 4 atom stereocenters. The number of nitrogens with one attached hydrogen (secondary N) is 2. The topological polar surface area (TPSA) is 177 Å². The van der Waals surface area contributed by atoms with E-state index in [1.807, 2.05) is 11.4 Å². The van der Waals surface area contributed by atoms with E-state index in [1.165, 1.54) is 4.90 Å². The summed E-state index contributed by atoms with van der Waals surface area (Å²) in [5, 5.41) is 15.8. The molecule has 5 N–H and O–H groups in total. The third-order valence-corrected chi connectivity index (χ3v) is 6.67. The van der Waals surface area contributed by atoms with Gasteiger partial charge in [0.15, 0.2) is 6.10 Å². The Balaban J connectivity index is 1.63. The molecule has 1 heterocycles. The molecular weight excluding hydrogens is 556 g/mol. The average molecular weight is 597 g/mol. The number of imide groups is 1. The molecule has 0 aromatic heterocycles. The molecular formula is C31H40N4O8. The summed E-state index contributed by atoms with van der Waals surface area (Å²) < 4.78 is 10.5. The Bertz CT molecular complexity index is 1270. The molecule has 1 saturated heterocycles. The second kappa shape index (κ2) is 15.3. The maximum Gasteiger partial charge on any atom is 0.414 e. The number of amides is 4. The van der Waals surface area contributed by atoms with Crippen molar-refractivity contribution in [1.82, 2.24) is 15.5 Å². The zero-order chi connectivity index (χ0) is 31.6. The monoisotopic (exact) mass is 596 g/mol. The normalized spacial score (nSPS) is 16.9. The van der Waals surface area contributed by atoms with Gasteiger partial charge in [0, 0.05) is 6.54 Å². The first kappa shape index (κ1) is 33.2. The molecule has 2 aromatic rings. The fraction of sp³-hybridized carbons (Fsp3) is 0.452. The van der Waals surface area contributed by atoms with Crippen LogP contribution in [0.2, 0.25) is 0 Å². The predicted molar refractivity (Wildman–Crippen MR) is 156 cm³/mol. The number of nitrogens with zero attached hydrogens (tertiary/aromatic N) is 1. The van der Waals surface area contributed by atoms with Crippen molar-refractivity contribution in [3.63, 3.8) is 0 Å². The van der Waals surface area contributed by atoms with Gasteiger partial charge in [-0.25, -0.2) is 9.59 Å². The minimum absolute atomic E-state index is 0.0502. The quantitative estimate of drug-likeness (QED) is 0.280. The summed E-state index contributed by atoms with van der Waals surface area (Å²) in [4.78, 5) is 64.8. The standard InChI is InChI=1S/C31H40N4O8/c1-31(2,3)43-29(40)24-15-10-16-35(24)28(39)26(37)23(17-20-11-6-4-7-12-20)33-27(38)22(32)18-25(36)34-30(41)42-19-21-13-8-5-9-14-21/h4-9,11-14,22-24,26,37H,10,15-19,32H2,1-3H3,(H,33,38)(H,34,36,41)/t22-,23?,24+,26?/m1/s1. The lowest BCUT2D eigenvalue weighted by molar-refractivity contribution is -0.165. The molecule has 2 unspecified atom stereocenters. The molecule has 4 amide bonds. The zero-order valence-electron chi connectivity index (χ0n) is 24.7. The molecule has 3 rings (SSSR count). The number of benzene rings is 2. The van der Waals surface area contributed by atoms with E-state index in [1.54, 1.807) is 75.4 Å². The van der Waals surface area contributed by atoms with Gasteiger partial charge >= 0.3 is 12.1 Å². The molecule has 0 radical (unpaired) electrons. The van der Waals surface area contributed by atoms with Crippen molar-refractivity contribution >= 4 is 29.8 Å². The number of esters is 1. The predicted octanol–water partition coefficient (Wildman–Crippen LogP) is 1.58.